The van der Waals surface area contributed by atoms with Gasteiger partial charge in [-0.15, -0.1) is 0 Å². The summed E-state index contributed by atoms with van der Waals surface area (Å²) < 4.78 is 0. The Labute approximate surface area is 69.3 Å². The van der Waals surface area contributed by atoms with E-state index in [2.05, 4.69) is 30.4 Å². The molecule has 0 aromatic rings. The van der Waals surface area contributed by atoms with Crippen LogP contribution in [0.2, 0.25) is 0 Å². The average molecular weight is 148 g/mol. The Balaban J connectivity index is 2.40. The molecule has 0 nitrogen and oxygen atoms in total. The predicted octanol–water partition coefficient (Wildman–Crippen LogP) is 3.62. The fourth-order valence-corrected chi connectivity index (χ4v) is 1.30. The molecule has 1 aliphatic rings. The van der Waals surface area contributed by atoms with Gasteiger partial charge in [0.05, 0.1) is 0 Å². The summed E-state index contributed by atoms with van der Waals surface area (Å²) in [5.74, 6) is 0. The van der Waals surface area contributed by atoms with Crippen LogP contribution in [0.3, 0.4) is 0 Å². The average Bonchev–Trinajstić information content (AvgIpc) is 2.07. The molecule has 0 atom stereocenters. The standard InChI is InChI=1S/C11H16/c1-2-3-5-8-11-9-6-4-7-10-11/h2-3,5,8-9H,4,6-7,10H2,1H3/b3-2+,8-5-. The lowest BCUT2D eigenvalue weighted by Crippen LogP contribution is -1.87. The van der Waals surface area contributed by atoms with Crippen molar-refractivity contribution in [2.24, 2.45) is 0 Å². The van der Waals surface area contributed by atoms with Crippen molar-refractivity contribution in [2.45, 2.75) is 32.6 Å². The molecule has 0 heteroatoms. The van der Waals surface area contributed by atoms with E-state index in [0.717, 1.165) is 0 Å². The van der Waals surface area contributed by atoms with Crippen molar-refractivity contribution < 1.29 is 0 Å². The maximum Gasteiger partial charge on any atom is -0.0282 e. The van der Waals surface area contributed by atoms with Crippen molar-refractivity contribution in [1.29, 1.82) is 0 Å². The van der Waals surface area contributed by atoms with E-state index in [1.54, 1.807) is 0 Å². The molecule has 0 bridgehead atoms. The van der Waals surface area contributed by atoms with Crippen molar-refractivity contribution in [3.8, 4) is 0 Å². The number of allylic oxidation sites excluding steroid dienone is 6. The lowest BCUT2D eigenvalue weighted by molar-refractivity contribution is 0.712. The molecule has 0 N–H and O–H groups in total. The maximum absolute atomic E-state index is 2.35. The molecule has 0 aliphatic heterocycles. The normalized spacial score (nSPS) is 19.5. The SMILES string of the molecule is C/C=C/C=C\C1=CCCCC1. The highest BCUT2D eigenvalue weighted by molar-refractivity contribution is 5.23. The van der Waals surface area contributed by atoms with Crippen LogP contribution < -0.4 is 0 Å². The Morgan fingerprint density at radius 1 is 1.27 bits per heavy atom. The number of rotatable bonds is 2. The minimum atomic E-state index is 1.27. The number of hydrogen-bond acceptors (Lipinski definition) is 0. The summed E-state index contributed by atoms with van der Waals surface area (Å²) in [5.41, 5.74) is 1.51. The van der Waals surface area contributed by atoms with Gasteiger partial charge in [-0.3, -0.25) is 0 Å². The molecule has 0 heterocycles. The Bertz CT molecular complexity index is 182. The highest BCUT2D eigenvalue weighted by Gasteiger charge is 1.98. The minimum absolute atomic E-state index is 1.27. The molecule has 0 unspecified atom stereocenters. The van der Waals surface area contributed by atoms with Crippen LogP contribution in [0, 0.1) is 0 Å². The van der Waals surface area contributed by atoms with E-state index >= 15 is 0 Å². The van der Waals surface area contributed by atoms with E-state index in [0.29, 0.717) is 0 Å². The zero-order valence-electron chi connectivity index (χ0n) is 7.22. The highest BCUT2D eigenvalue weighted by atomic mass is 14.0. The molecule has 0 fully saturated rings. The maximum atomic E-state index is 2.35. The molecule has 1 aliphatic carbocycles. The van der Waals surface area contributed by atoms with Gasteiger partial charge in [0.25, 0.3) is 0 Å². The lowest BCUT2D eigenvalue weighted by Gasteiger charge is -2.07. The first-order valence-corrected chi connectivity index (χ1v) is 4.42. The zero-order valence-corrected chi connectivity index (χ0v) is 7.22. The van der Waals surface area contributed by atoms with Crippen LogP contribution in [0.15, 0.2) is 36.0 Å². The fourth-order valence-electron chi connectivity index (χ4n) is 1.30. The Morgan fingerprint density at radius 3 is 2.82 bits per heavy atom. The molecule has 0 aromatic carbocycles. The van der Waals surface area contributed by atoms with Crippen LogP contribution in [0.1, 0.15) is 32.6 Å². The summed E-state index contributed by atoms with van der Waals surface area (Å²) in [4.78, 5) is 0. The smallest absolute Gasteiger partial charge is 0.0282 e. The molecule has 60 valence electrons. The largest absolute Gasteiger partial charge is 0.0877 e. The van der Waals surface area contributed by atoms with Crippen LogP contribution in [0.5, 0.6) is 0 Å². The second kappa shape index (κ2) is 4.95. The molecule has 0 radical (unpaired) electrons. The minimum Gasteiger partial charge on any atom is -0.0877 e. The Hall–Kier alpha value is -0.780. The van der Waals surface area contributed by atoms with Gasteiger partial charge in [0, 0.05) is 0 Å². The van der Waals surface area contributed by atoms with Crippen LogP contribution in [-0.2, 0) is 0 Å². The van der Waals surface area contributed by atoms with Gasteiger partial charge in [-0.1, -0.05) is 36.0 Å². The van der Waals surface area contributed by atoms with E-state index < -0.39 is 0 Å². The molecular weight excluding hydrogens is 132 g/mol. The zero-order chi connectivity index (χ0) is 7.94. The summed E-state index contributed by atoms with van der Waals surface area (Å²) in [6.45, 7) is 2.04. The monoisotopic (exact) mass is 148 g/mol. The third-order valence-electron chi connectivity index (χ3n) is 1.94. The molecule has 11 heavy (non-hydrogen) atoms. The number of hydrogen-bond donors (Lipinski definition) is 0. The summed E-state index contributed by atoms with van der Waals surface area (Å²) in [7, 11) is 0. The van der Waals surface area contributed by atoms with Crippen LogP contribution in [0.4, 0.5) is 0 Å². The van der Waals surface area contributed by atoms with Gasteiger partial charge in [-0.2, -0.15) is 0 Å². The van der Waals surface area contributed by atoms with Crippen LogP contribution in [-0.4, -0.2) is 0 Å². The second-order valence-electron chi connectivity index (χ2n) is 2.91. The van der Waals surface area contributed by atoms with Crippen molar-refractivity contribution in [1.82, 2.24) is 0 Å². The van der Waals surface area contributed by atoms with E-state index in [4.69, 9.17) is 0 Å². The Morgan fingerprint density at radius 2 is 2.18 bits per heavy atom. The molecule has 1 rings (SSSR count). The molecule has 0 aromatic heterocycles. The molecular formula is C11H16. The van der Waals surface area contributed by atoms with Gasteiger partial charge in [0.15, 0.2) is 0 Å². The summed E-state index contributed by atoms with van der Waals surface area (Å²) in [5, 5.41) is 0. The van der Waals surface area contributed by atoms with Crippen molar-refractivity contribution in [3.63, 3.8) is 0 Å². The predicted molar refractivity (Wildman–Crippen MR) is 50.5 cm³/mol. The molecule has 0 saturated carbocycles. The van der Waals surface area contributed by atoms with Gasteiger partial charge in [0.1, 0.15) is 0 Å². The summed E-state index contributed by atoms with van der Waals surface area (Å²) >= 11 is 0. The summed E-state index contributed by atoms with van der Waals surface area (Å²) in [6, 6.07) is 0. The Kier molecular flexibility index (Phi) is 3.74. The van der Waals surface area contributed by atoms with Gasteiger partial charge in [-0.05, 0) is 32.6 Å². The third kappa shape index (κ3) is 3.22. The van der Waals surface area contributed by atoms with Gasteiger partial charge >= 0.3 is 0 Å². The third-order valence-corrected chi connectivity index (χ3v) is 1.94. The van der Waals surface area contributed by atoms with Crippen molar-refractivity contribution in [2.75, 3.05) is 0 Å². The molecule has 0 spiro atoms. The molecule has 0 saturated heterocycles. The van der Waals surface area contributed by atoms with Gasteiger partial charge in [0.2, 0.25) is 0 Å². The fraction of sp³-hybridized carbons (Fsp3) is 0.455. The first-order valence-electron chi connectivity index (χ1n) is 4.42. The van der Waals surface area contributed by atoms with E-state index in [-0.39, 0.29) is 0 Å². The first kappa shape index (κ1) is 8.32. The second-order valence-corrected chi connectivity index (χ2v) is 2.91. The summed E-state index contributed by atoms with van der Waals surface area (Å²) in [6.07, 6.45) is 16.1. The lowest BCUT2D eigenvalue weighted by atomic mass is 9.99. The van der Waals surface area contributed by atoms with E-state index in [1.807, 2.05) is 6.92 Å². The first-order chi connectivity index (χ1) is 5.43. The molecule has 0 amide bonds. The van der Waals surface area contributed by atoms with Crippen molar-refractivity contribution in [3.05, 3.63) is 36.0 Å². The quantitative estimate of drug-likeness (QED) is 0.525. The van der Waals surface area contributed by atoms with Crippen LogP contribution >= 0.6 is 0 Å². The van der Waals surface area contributed by atoms with Crippen LogP contribution in [0.25, 0.3) is 0 Å². The van der Waals surface area contributed by atoms with E-state index in [9.17, 15) is 0 Å². The van der Waals surface area contributed by atoms with Gasteiger partial charge < -0.3 is 0 Å². The topological polar surface area (TPSA) is 0 Å². The van der Waals surface area contributed by atoms with Gasteiger partial charge in [-0.25, -0.2) is 0 Å². The highest BCUT2D eigenvalue weighted by Crippen LogP contribution is 2.17. The van der Waals surface area contributed by atoms with Crippen molar-refractivity contribution >= 4 is 0 Å². The van der Waals surface area contributed by atoms with E-state index in [1.165, 1.54) is 31.3 Å².